The summed E-state index contributed by atoms with van der Waals surface area (Å²) in [4.78, 5) is 6.95. The average molecular weight is 245 g/mol. The van der Waals surface area contributed by atoms with Crippen LogP contribution in [-0.4, -0.2) is 28.4 Å². The van der Waals surface area contributed by atoms with Gasteiger partial charge in [0, 0.05) is 29.5 Å². The molecule has 1 aliphatic rings. The molecule has 0 bridgehead atoms. The number of hydrogen-bond donors (Lipinski definition) is 0. The quantitative estimate of drug-likeness (QED) is 0.744. The first-order valence-corrected chi connectivity index (χ1v) is 6.74. The predicted molar refractivity (Wildman–Crippen MR) is 65.6 cm³/mol. The number of hydrogen-bond acceptors (Lipinski definition) is 3. The molecule has 0 N–H and O–H groups in total. The number of likely N-dealkylation sites (tertiary alicyclic amines) is 1. The fourth-order valence-electron chi connectivity index (χ4n) is 2.01. The summed E-state index contributed by atoms with van der Waals surface area (Å²) in [7, 11) is 0. The van der Waals surface area contributed by atoms with Crippen molar-refractivity contribution < 1.29 is 0 Å². The van der Waals surface area contributed by atoms with Crippen LogP contribution >= 0.6 is 22.9 Å². The van der Waals surface area contributed by atoms with Crippen molar-refractivity contribution in [3.8, 4) is 0 Å². The maximum Gasteiger partial charge on any atom is 0.107 e. The molecule has 0 radical (unpaired) electrons. The highest BCUT2D eigenvalue weighted by molar-refractivity contribution is 7.09. The standard InChI is InChI=1S/C11H17ClN2S/c1-8-5-14(4-3-10(8)12)6-11-13-9(2)7-15-11/h7-8,10H,3-6H2,1-2H3. The maximum absolute atomic E-state index is 6.20. The van der Waals surface area contributed by atoms with E-state index in [1.54, 1.807) is 11.3 Å². The van der Waals surface area contributed by atoms with Gasteiger partial charge in [-0.2, -0.15) is 0 Å². The molecule has 0 aliphatic carbocycles. The molecule has 4 heteroatoms. The minimum Gasteiger partial charge on any atom is -0.296 e. The summed E-state index contributed by atoms with van der Waals surface area (Å²) in [6.45, 7) is 7.49. The van der Waals surface area contributed by atoms with Crippen LogP contribution in [0.5, 0.6) is 0 Å². The number of rotatable bonds is 2. The van der Waals surface area contributed by atoms with E-state index in [-0.39, 0.29) is 0 Å². The summed E-state index contributed by atoms with van der Waals surface area (Å²) in [5.41, 5.74) is 1.13. The molecule has 15 heavy (non-hydrogen) atoms. The van der Waals surface area contributed by atoms with Gasteiger partial charge in [0.25, 0.3) is 0 Å². The van der Waals surface area contributed by atoms with Crippen LogP contribution in [0.4, 0.5) is 0 Å². The van der Waals surface area contributed by atoms with Gasteiger partial charge in [0.2, 0.25) is 0 Å². The molecule has 1 aliphatic heterocycles. The second kappa shape index (κ2) is 4.81. The van der Waals surface area contributed by atoms with Gasteiger partial charge in [0.05, 0.1) is 6.54 Å². The molecule has 1 aromatic rings. The second-order valence-corrected chi connectivity index (χ2v) is 5.90. The van der Waals surface area contributed by atoms with Crippen molar-refractivity contribution in [3.63, 3.8) is 0 Å². The molecule has 0 spiro atoms. The molecule has 1 saturated heterocycles. The molecule has 0 amide bonds. The van der Waals surface area contributed by atoms with Gasteiger partial charge in [-0.05, 0) is 19.3 Å². The van der Waals surface area contributed by atoms with E-state index in [0.717, 1.165) is 31.7 Å². The summed E-state index contributed by atoms with van der Waals surface area (Å²) >= 11 is 7.96. The molecule has 1 fully saturated rings. The Labute approximate surface area is 100 Å². The number of alkyl halides is 1. The molecule has 0 aromatic carbocycles. The third kappa shape index (κ3) is 2.92. The lowest BCUT2D eigenvalue weighted by atomic mass is 10.00. The summed E-state index contributed by atoms with van der Waals surface area (Å²) in [5, 5.41) is 3.71. The van der Waals surface area contributed by atoms with Gasteiger partial charge >= 0.3 is 0 Å². The lowest BCUT2D eigenvalue weighted by Crippen LogP contribution is -2.39. The Morgan fingerprint density at radius 2 is 2.47 bits per heavy atom. The third-order valence-corrected chi connectivity index (χ3v) is 4.51. The number of aryl methyl sites for hydroxylation is 1. The molecule has 2 unspecified atom stereocenters. The molecule has 1 aromatic heterocycles. The third-order valence-electron chi connectivity index (χ3n) is 2.91. The van der Waals surface area contributed by atoms with Crippen LogP contribution in [0.3, 0.4) is 0 Å². The van der Waals surface area contributed by atoms with Crippen LogP contribution < -0.4 is 0 Å². The van der Waals surface area contributed by atoms with Gasteiger partial charge < -0.3 is 0 Å². The van der Waals surface area contributed by atoms with Crippen molar-refractivity contribution in [3.05, 3.63) is 16.1 Å². The van der Waals surface area contributed by atoms with Gasteiger partial charge in [-0.1, -0.05) is 6.92 Å². The van der Waals surface area contributed by atoms with Gasteiger partial charge in [0.1, 0.15) is 5.01 Å². The zero-order chi connectivity index (χ0) is 10.8. The average Bonchev–Trinajstić information content (AvgIpc) is 2.58. The molecule has 0 saturated carbocycles. The number of halogens is 1. The summed E-state index contributed by atoms with van der Waals surface area (Å²) in [6, 6.07) is 0. The highest BCUT2D eigenvalue weighted by Gasteiger charge is 2.24. The monoisotopic (exact) mass is 244 g/mol. The second-order valence-electron chi connectivity index (χ2n) is 4.40. The van der Waals surface area contributed by atoms with E-state index in [4.69, 9.17) is 11.6 Å². The highest BCUT2D eigenvalue weighted by atomic mass is 35.5. The molecule has 2 nitrogen and oxygen atoms in total. The van der Waals surface area contributed by atoms with Crippen LogP contribution in [0.1, 0.15) is 24.0 Å². The number of aromatic nitrogens is 1. The highest BCUT2D eigenvalue weighted by Crippen LogP contribution is 2.23. The van der Waals surface area contributed by atoms with Gasteiger partial charge in [-0.3, -0.25) is 4.90 Å². The fraction of sp³-hybridized carbons (Fsp3) is 0.727. The van der Waals surface area contributed by atoms with Crippen LogP contribution in [0, 0.1) is 12.8 Å². The van der Waals surface area contributed by atoms with E-state index < -0.39 is 0 Å². The minimum atomic E-state index is 0.360. The van der Waals surface area contributed by atoms with Crippen molar-refractivity contribution in [2.45, 2.75) is 32.2 Å². The van der Waals surface area contributed by atoms with E-state index in [9.17, 15) is 0 Å². The SMILES string of the molecule is Cc1csc(CN2CCC(Cl)C(C)C2)n1. The van der Waals surface area contributed by atoms with E-state index >= 15 is 0 Å². The molecule has 2 heterocycles. The Morgan fingerprint density at radius 3 is 3.07 bits per heavy atom. The zero-order valence-electron chi connectivity index (χ0n) is 9.24. The topological polar surface area (TPSA) is 16.1 Å². The van der Waals surface area contributed by atoms with Crippen LogP contribution in [-0.2, 0) is 6.54 Å². The first kappa shape index (κ1) is 11.4. The van der Waals surface area contributed by atoms with E-state index in [0.29, 0.717) is 11.3 Å². The van der Waals surface area contributed by atoms with Crippen molar-refractivity contribution in [2.24, 2.45) is 5.92 Å². The first-order chi connectivity index (χ1) is 7.15. The maximum atomic E-state index is 6.20. The Bertz CT molecular complexity index is 326. The Morgan fingerprint density at radius 1 is 1.67 bits per heavy atom. The molecule has 2 atom stereocenters. The number of nitrogens with zero attached hydrogens (tertiary/aromatic N) is 2. The lowest BCUT2D eigenvalue weighted by molar-refractivity contribution is 0.179. The first-order valence-electron chi connectivity index (χ1n) is 5.42. The number of thiazole rings is 1. The fourth-order valence-corrected chi connectivity index (χ4v) is 3.00. The van der Waals surface area contributed by atoms with Crippen LogP contribution in [0.25, 0.3) is 0 Å². The molecular formula is C11H17ClN2S. The predicted octanol–water partition coefficient (Wildman–Crippen LogP) is 2.90. The summed E-state index contributed by atoms with van der Waals surface area (Å²) in [6.07, 6.45) is 1.10. The van der Waals surface area contributed by atoms with Crippen molar-refractivity contribution in [2.75, 3.05) is 13.1 Å². The van der Waals surface area contributed by atoms with Crippen LogP contribution in [0.15, 0.2) is 5.38 Å². The van der Waals surface area contributed by atoms with Gasteiger partial charge in [-0.25, -0.2) is 4.98 Å². The largest absolute Gasteiger partial charge is 0.296 e. The Hall–Kier alpha value is -0.120. The lowest BCUT2D eigenvalue weighted by Gasteiger charge is -2.33. The normalized spacial score (nSPS) is 28.2. The zero-order valence-corrected chi connectivity index (χ0v) is 10.8. The van der Waals surface area contributed by atoms with E-state index in [1.165, 1.54) is 5.01 Å². The van der Waals surface area contributed by atoms with Gasteiger partial charge in [-0.15, -0.1) is 22.9 Å². The van der Waals surface area contributed by atoms with Crippen molar-refractivity contribution in [1.82, 2.24) is 9.88 Å². The Kier molecular flexibility index (Phi) is 3.65. The Balaban J connectivity index is 1.90. The summed E-state index contributed by atoms with van der Waals surface area (Å²) < 4.78 is 0. The molecular weight excluding hydrogens is 228 g/mol. The number of piperidine rings is 1. The van der Waals surface area contributed by atoms with Gasteiger partial charge in [0.15, 0.2) is 0 Å². The van der Waals surface area contributed by atoms with Crippen LogP contribution in [0.2, 0.25) is 0 Å². The minimum absolute atomic E-state index is 0.360. The van der Waals surface area contributed by atoms with Crippen molar-refractivity contribution >= 4 is 22.9 Å². The smallest absolute Gasteiger partial charge is 0.107 e. The van der Waals surface area contributed by atoms with E-state index in [2.05, 4.69) is 22.2 Å². The van der Waals surface area contributed by atoms with E-state index in [1.807, 2.05) is 6.92 Å². The summed E-state index contributed by atoms with van der Waals surface area (Å²) in [5.74, 6) is 0.599. The van der Waals surface area contributed by atoms with Crippen molar-refractivity contribution in [1.29, 1.82) is 0 Å². The molecule has 84 valence electrons. The molecule has 2 rings (SSSR count).